The Bertz CT molecular complexity index is 715. The minimum Gasteiger partial charge on any atom is -0.444 e. The first-order valence-electron chi connectivity index (χ1n) is 7.60. The van der Waals surface area contributed by atoms with Crippen LogP contribution in [0, 0.1) is 0 Å². The van der Waals surface area contributed by atoms with Crippen molar-refractivity contribution in [1.82, 2.24) is 10.3 Å². The highest BCUT2D eigenvalue weighted by molar-refractivity contribution is 6.31. The molecule has 4 nitrogen and oxygen atoms in total. The molecule has 5 heteroatoms. The van der Waals surface area contributed by atoms with Crippen molar-refractivity contribution in [3.63, 3.8) is 0 Å². The Kier molecular flexibility index (Phi) is 3.81. The number of amides is 1. The van der Waals surface area contributed by atoms with Crippen LogP contribution in [-0.4, -0.2) is 22.7 Å². The molecule has 2 N–H and O–H groups in total. The summed E-state index contributed by atoms with van der Waals surface area (Å²) in [5.41, 5.74) is 3.13. The van der Waals surface area contributed by atoms with E-state index in [1.807, 2.05) is 39.0 Å². The van der Waals surface area contributed by atoms with Gasteiger partial charge in [0.05, 0.1) is 0 Å². The second kappa shape index (κ2) is 5.51. The first-order chi connectivity index (χ1) is 10.3. The van der Waals surface area contributed by atoms with Crippen LogP contribution in [0.25, 0.3) is 10.9 Å². The number of carbonyl (C=O) groups excluding carboxylic acids is 1. The molecule has 0 radical (unpaired) electrons. The summed E-state index contributed by atoms with van der Waals surface area (Å²) < 4.78 is 5.34. The molecule has 0 saturated carbocycles. The van der Waals surface area contributed by atoms with Gasteiger partial charge >= 0.3 is 6.09 Å². The molecule has 0 fully saturated rings. The van der Waals surface area contributed by atoms with Crippen molar-refractivity contribution >= 4 is 28.6 Å². The topological polar surface area (TPSA) is 54.1 Å². The molecular weight excluding hydrogens is 300 g/mol. The smallest absolute Gasteiger partial charge is 0.407 e. The third-order valence-corrected chi connectivity index (χ3v) is 4.11. The van der Waals surface area contributed by atoms with E-state index in [-0.39, 0.29) is 12.1 Å². The number of aromatic nitrogens is 1. The van der Waals surface area contributed by atoms with Crippen LogP contribution in [0.2, 0.25) is 5.02 Å². The number of halogens is 1. The first kappa shape index (κ1) is 15.2. The normalized spacial score (nSPS) is 18.1. The summed E-state index contributed by atoms with van der Waals surface area (Å²) in [5, 5.41) is 4.86. The van der Waals surface area contributed by atoms with Gasteiger partial charge in [0.2, 0.25) is 0 Å². The predicted molar refractivity (Wildman–Crippen MR) is 88.5 cm³/mol. The fourth-order valence-corrected chi connectivity index (χ4v) is 3.16. The number of H-pyrrole nitrogens is 1. The maximum absolute atomic E-state index is 11.9. The fourth-order valence-electron chi connectivity index (χ4n) is 2.99. The van der Waals surface area contributed by atoms with Gasteiger partial charge in [-0.15, -0.1) is 0 Å². The molecule has 1 aromatic carbocycles. The van der Waals surface area contributed by atoms with Crippen molar-refractivity contribution < 1.29 is 9.53 Å². The van der Waals surface area contributed by atoms with Crippen LogP contribution in [0.4, 0.5) is 4.79 Å². The molecule has 1 amide bonds. The number of nitrogens with one attached hydrogen (secondary N) is 2. The molecule has 1 unspecified atom stereocenters. The molecule has 0 aliphatic heterocycles. The molecule has 0 spiro atoms. The third-order valence-electron chi connectivity index (χ3n) is 3.87. The van der Waals surface area contributed by atoms with E-state index < -0.39 is 5.60 Å². The van der Waals surface area contributed by atoms with Crippen molar-refractivity contribution in [2.75, 3.05) is 0 Å². The van der Waals surface area contributed by atoms with Crippen molar-refractivity contribution in [2.45, 2.75) is 51.7 Å². The maximum Gasteiger partial charge on any atom is 0.407 e. The van der Waals surface area contributed by atoms with Crippen LogP contribution in [0.15, 0.2) is 18.2 Å². The van der Waals surface area contributed by atoms with Crippen molar-refractivity contribution in [1.29, 1.82) is 0 Å². The van der Waals surface area contributed by atoms with Gasteiger partial charge in [0.25, 0.3) is 0 Å². The molecule has 2 aromatic rings. The van der Waals surface area contributed by atoms with Crippen LogP contribution in [0.1, 0.15) is 38.4 Å². The first-order valence-corrected chi connectivity index (χ1v) is 7.98. The molecule has 0 saturated heterocycles. The Morgan fingerprint density at radius 2 is 2.18 bits per heavy atom. The number of hydrogen-bond acceptors (Lipinski definition) is 2. The highest BCUT2D eigenvalue weighted by Crippen LogP contribution is 2.31. The van der Waals surface area contributed by atoms with Gasteiger partial charge in [-0.25, -0.2) is 4.79 Å². The Balaban J connectivity index is 1.77. The average molecular weight is 321 g/mol. The zero-order valence-corrected chi connectivity index (χ0v) is 13.9. The number of alkyl carbamates (subject to hydrolysis) is 1. The number of benzene rings is 1. The van der Waals surface area contributed by atoms with Gasteiger partial charge in [0, 0.05) is 27.7 Å². The van der Waals surface area contributed by atoms with Gasteiger partial charge in [-0.3, -0.25) is 0 Å². The van der Waals surface area contributed by atoms with Crippen molar-refractivity contribution in [3.8, 4) is 0 Å². The van der Waals surface area contributed by atoms with Gasteiger partial charge in [-0.1, -0.05) is 11.6 Å². The van der Waals surface area contributed by atoms with Crippen molar-refractivity contribution in [2.24, 2.45) is 0 Å². The lowest BCUT2D eigenvalue weighted by molar-refractivity contribution is 0.0500. The monoisotopic (exact) mass is 320 g/mol. The largest absolute Gasteiger partial charge is 0.444 e. The summed E-state index contributed by atoms with van der Waals surface area (Å²) in [6, 6.07) is 5.98. The molecule has 3 rings (SSSR count). The number of ether oxygens (including phenoxy) is 1. The van der Waals surface area contributed by atoms with Crippen LogP contribution in [-0.2, 0) is 17.6 Å². The summed E-state index contributed by atoms with van der Waals surface area (Å²) in [6.45, 7) is 5.60. The molecule has 1 aliphatic rings. The zero-order valence-electron chi connectivity index (χ0n) is 13.1. The second-order valence-corrected chi connectivity index (χ2v) is 7.29. The molecule has 118 valence electrons. The standard InChI is InChI=1S/C17H21ClN2O2/c1-17(2,3)22-16(21)19-11-5-7-15-13(9-11)12-8-10(18)4-6-14(12)20-15/h4,6,8,11,20H,5,7,9H2,1-3H3,(H,19,21). The maximum atomic E-state index is 11.9. The van der Waals surface area contributed by atoms with E-state index in [0.717, 1.165) is 35.2 Å². The Labute approximate surface area is 135 Å². The van der Waals surface area contributed by atoms with Crippen molar-refractivity contribution in [3.05, 3.63) is 34.5 Å². The molecular formula is C17H21ClN2O2. The van der Waals surface area contributed by atoms with Crippen LogP contribution < -0.4 is 5.32 Å². The average Bonchev–Trinajstić information content (AvgIpc) is 2.74. The number of fused-ring (bicyclic) bond motifs is 3. The van der Waals surface area contributed by atoms with Gasteiger partial charge in [0.1, 0.15) is 5.60 Å². The number of aromatic amines is 1. The number of carbonyl (C=O) groups is 1. The van der Waals surface area contributed by atoms with Gasteiger partial charge in [0.15, 0.2) is 0 Å². The molecule has 0 bridgehead atoms. The van der Waals surface area contributed by atoms with Crippen LogP contribution >= 0.6 is 11.6 Å². The van der Waals surface area contributed by atoms with E-state index in [1.165, 1.54) is 11.3 Å². The minimum atomic E-state index is -0.474. The second-order valence-electron chi connectivity index (χ2n) is 6.86. The zero-order chi connectivity index (χ0) is 15.9. The summed E-state index contributed by atoms with van der Waals surface area (Å²) in [7, 11) is 0. The van der Waals surface area contributed by atoms with Gasteiger partial charge < -0.3 is 15.0 Å². The lowest BCUT2D eigenvalue weighted by atomic mass is 9.91. The highest BCUT2D eigenvalue weighted by atomic mass is 35.5. The summed E-state index contributed by atoms with van der Waals surface area (Å²) in [4.78, 5) is 15.4. The Hall–Kier alpha value is -1.68. The van der Waals surface area contributed by atoms with Crippen LogP contribution in [0.3, 0.4) is 0 Å². The summed E-state index contributed by atoms with van der Waals surface area (Å²) in [6.07, 6.45) is 2.28. The van der Waals surface area contributed by atoms with E-state index in [0.29, 0.717) is 0 Å². The Morgan fingerprint density at radius 1 is 1.41 bits per heavy atom. The summed E-state index contributed by atoms with van der Waals surface area (Å²) >= 11 is 6.11. The molecule has 1 aliphatic carbocycles. The van der Waals surface area contributed by atoms with E-state index in [4.69, 9.17) is 16.3 Å². The minimum absolute atomic E-state index is 0.0975. The third kappa shape index (κ3) is 3.22. The van der Waals surface area contributed by atoms with Gasteiger partial charge in [-0.2, -0.15) is 0 Å². The van der Waals surface area contributed by atoms with E-state index in [2.05, 4.69) is 10.3 Å². The van der Waals surface area contributed by atoms with Crippen LogP contribution in [0.5, 0.6) is 0 Å². The quantitative estimate of drug-likeness (QED) is 0.827. The number of hydrogen-bond donors (Lipinski definition) is 2. The molecule has 1 heterocycles. The lowest BCUT2D eigenvalue weighted by Crippen LogP contribution is -2.41. The Morgan fingerprint density at radius 3 is 2.91 bits per heavy atom. The fraction of sp³-hybridized carbons (Fsp3) is 0.471. The summed E-state index contributed by atoms with van der Waals surface area (Å²) in [5.74, 6) is 0. The number of rotatable bonds is 1. The van der Waals surface area contributed by atoms with Gasteiger partial charge in [-0.05, 0) is 63.8 Å². The van der Waals surface area contributed by atoms with E-state index in [1.54, 1.807) is 0 Å². The lowest BCUT2D eigenvalue weighted by Gasteiger charge is -2.26. The SMILES string of the molecule is CC(C)(C)OC(=O)NC1CCc2[nH]c3ccc(Cl)cc3c2C1. The highest BCUT2D eigenvalue weighted by Gasteiger charge is 2.25. The predicted octanol–water partition coefficient (Wildman–Crippen LogP) is 4.20. The van der Waals surface area contributed by atoms with E-state index >= 15 is 0 Å². The molecule has 1 atom stereocenters. The molecule has 1 aromatic heterocycles. The number of aryl methyl sites for hydroxylation is 1. The van der Waals surface area contributed by atoms with E-state index in [9.17, 15) is 4.79 Å². The molecule has 22 heavy (non-hydrogen) atoms.